The van der Waals surface area contributed by atoms with Crippen LogP contribution in [0.15, 0.2) is 36.4 Å². The molecule has 0 bridgehead atoms. The molecule has 27 heavy (non-hydrogen) atoms. The average molecular weight is 373 g/mol. The third-order valence-electron chi connectivity index (χ3n) is 4.44. The Labute approximate surface area is 157 Å². The highest BCUT2D eigenvalue weighted by Crippen LogP contribution is 2.28. The molecule has 144 valence electrons. The van der Waals surface area contributed by atoms with Crippen molar-refractivity contribution in [3.63, 3.8) is 0 Å². The largest absolute Gasteiger partial charge is 0.506 e. The van der Waals surface area contributed by atoms with Crippen molar-refractivity contribution in [2.45, 2.75) is 26.3 Å². The third kappa shape index (κ3) is 4.75. The second-order valence-electron chi connectivity index (χ2n) is 6.21. The molecule has 2 atom stereocenters. The summed E-state index contributed by atoms with van der Waals surface area (Å²) >= 11 is 0. The molecular formula is C20H23NO6. The van der Waals surface area contributed by atoms with Crippen LogP contribution in [-0.2, 0) is 19.1 Å². The Bertz CT molecular complexity index is 847. The van der Waals surface area contributed by atoms with Crippen molar-refractivity contribution in [2.24, 2.45) is 5.92 Å². The monoisotopic (exact) mass is 373 g/mol. The van der Waals surface area contributed by atoms with Crippen LogP contribution in [0, 0.1) is 5.92 Å². The third-order valence-corrected chi connectivity index (χ3v) is 4.44. The molecule has 0 saturated heterocycles. The number of esters is 2. The molecule has 0 radical (unpaired) electrons. The molecule has 0 heterocycles. The lowest BCUT2D eigenvalue weighted by molar-refractivity contribution is -0.147. The maximum atomic E-state index is 12.2. The van der Waals surface area contributed by atoms with Crippen LogP contribution in [0.4, 0.5) is 0 Å². The van der Waals surface area contributed by atoms with Gasteiger partial charge in [0, 0.05) is 5.39 Å². The molecule has 0 unspecified atom stereocenters. The molecule has 2 rings (SSSR count). The zero-order valence-corrected chi connectivity index (χ0v) is 15.5. The second kappa shape index (κ2) is 9.02. The number of hydrogen-bond acceptors (Lipinski definition) is 6. The van der Waals surface area contributed by atoms with Crippen molar-refractivity contribution < 1.29 is 29.0 Å². The molecule has 2 aromatic rings. The minimum absolute atomic E-state index is 0.0343. The van der Waals surface area contributed by atoms with Crippen LogP contribution in [0.2, 0.25) is 0 Å². The number of phenols is 1. The number of hydrogen-bond donors (Lipinski definition) is 2. The Balaban J connectivity index is 2.03. The Morgan fingerprint density at radius 1 is 1.15 bits per heavy atom. The van der Waals surface area contributed by atoms with Crippen LogP contribution in [0.1, 0.15) is 30.6 Å². The zero-order chi connectivity index (χ0) is 20.0. The van der Waals surface area contributed by atoms with Crippen LogP contribution in [0.5, 0.6) is 5.75 Å². The van der Waals surface area contributed by atoms with Crippen molar-refractivity contribution in [3.8, 4) is 5.75 Å². The number of amides is 1. The highest BCUT2D eigenvalue weighted by Gasteiger charge is 2.27. The van der Waals surface area contributed by atoms with E-state index >= 15 is 0 Å². The first kappa shape index (κ1) is 20.2. The maximum absolute atomic E-state index is 12.2. The molecule has 1 amide bonds. The number of nitrogens with one attached hydrogen (secondary N) is 1. The van der Waals surface area contributed by atoms with Gasteiger partial charge in [0.2, 0.25) is 0 Å². The molecule has 7 nitrogen and oxygen atoms in total. The number of rotatable bonds is 7. The standard InChI is InChI=1S/C20H23NO6/c1-4-12(2)17(20(25)26-3)21-16(22)11-27-19(24)15-10-9-13-7-5-6-8-14(13)18(15)23/h5-10,12,17,23H,4,11H2,1-3H3,(H,21,22)/t12-,17+/m1/s1. The predicted octanol–water partition coefficient (Wildman–Crippen LogP) is 2.41. The van der Waals surface area contributed by atoms with Gasteiger partial charge in [0.25, 0.3) is 5.91 Å². The van der Waals surface area contributed by atoms with Gasteiger partial charge in [0.1, 0.15) is 17.4 Å². The lowest BCUT2D eigenvalue weighted by Crippen LogP contribution is -2.47. The van der Waals surface area contributed by atoms with E-state index in [-0.39, 0.29) is 17.2 Å². The zero-order valence-electron chi connectivity index (χ0n) is 15.5. The van der Waals surface area contributed by atoms with E-state index in [1.165, 1.54) is 13.2 Å². The number of ether oxygens (including phenoxy) is 2. The summed E-state index contributed by atoms with van der Waals surface area (Å²) in [6.45, 7) is 3.12. The Hall–Kier alpha value is -3.09. The highest BCUT2D eigenvalue weighted by atomic mass is 16.5. The number of phenolic OH excluding ortho intramolecular Hbond substituents is 1. The quantitative estimate of drug-likeness (QED) is 0.723. The molecular weight excluding hydrogens is 350 g/mol. The molecule has 0 fully saturated rings. The van der Waals surface area contributed by atoms with Crippen LogP contribution in [0.3, 0.4) is 0 Å². The van der Waals surface area contributed by atoms with E-state index in [0.29, 0.717) is 11.8 Å². The van der Waals surface area contributed by atoms with E-state index in [2.05, 4.69) is 5.32 Å². The fraction of sp³-hybridized carbons (Fsp3) is 0.350. The van der Waals surface area contributed by atoms with Crippen LogP contribution in [0.25, 0.3) is 10.8 Å². The Kier molecular flexibility index (Phi) is 6.76. The van der Waals surface area contributed by atoms with Gasteiger partial charge in [-0.25, -0.2) is 9.59 Å². The molecule has 0 aliphatic rings. The van der Waals surface area contributed by atoms with E-state index in [1.807, 2.05) is 13.0 Å². The summed E-state index contributed by atoms with van der Waals surface area (Å²) in [7, 11) is 1.24. The minimum atomic E-state index is -0.827. The lowest BCUT2D eigenvalue weighted by atomic mass is 9.99. The van der Waals surface area contributed by atoms with Crippen LogP contribution >= 0.6 is 0 Å². The van der Waals surface area contributed by atoms with E-state index < -0.39 is 30.5 Å². The molecule has 2 N–H and O–H groups in total. The van der Waals surface area contributed by atoms with Crippen molar-refractivity contribution in [3.05, 3.63) is 42.0 Å². The number of aromatic hydroxyl groups is 1. The maximum Gasteiger partial charge on any atom is 0.342 e. The van der Waals surface area contributed by atoms with Crippen molar-refractivity contribution in [1.82, 2.24) is 5.32 Å². The van der Waals surface area contributed by atoms with Gasteiger partial charge in [0.05, 0.1) is 7.11 Å². The van der Waals surface area contributed by atoms with Crippen LogP contribution in [-0.4, -0.2) is 42.7 Å². The number of fused-ring (bicyclic) bond motifs is 1. The van der Waals surface area contributed by atoms with Gasteiger partial charge in [0.15, 0.2) is 6.61 Å². The first-order valence-electron chi connectivity index (χ1n) is 8.64. The van der Waals surface area contributed by atoms with E-state index in [1.54, 1.807) is 31.2 Å². The molecule has 0 spiro atoms. The summed E-state index contributed by atoms with van der Waals surface area (Å²) in [5.41, 5.74) is -0.0343. The number of carbonyl (C=O) groups is 3. The Morgan fingerprint density at radius 3 is 2.52 bits per heavy atom. The molecule has 7 heteroatoms. The fourth-order valence-corrected chi connectivity index (χ4v) is 2.64. The minimum Gasteiger partial charge on any atom is -0.506 e. The summed E-state index contributed by atoms with van der Waals surface area (Å²) in [4.78, 5) is 36.1. The SMILES string of the molecule is CC[C@@H](C)[C@H](NC(=O)COC(=O)c1ccc2ccccc2c1O)C(=O)OC. The lowest BCUT2D eigenvalue weighted by Gasteiger charge is -2.21. The van der Waals surface area contributed by atoms with Gasteiger partial charge in [-0.3, -0.25) is 4.79 Å². The first-order valence-corrected chi connectivity index (χ1v) is 8.64. The van der Waals surface area contributed by atoms with E-state index in [9.17, 15) is 19.5 Å². The molecule has 0 saturated carbocycles. The Morgan fingerprint density at radius 2 is 1.85 bits per heavy atom. The molecule has 0 aliphatic carbocycles. The molecule has 0 aliphatic heterocycles. The predicted molar refractivity (Wildman–Crippen MR) is 99.3 cm³/mol. The number of methoxy groups -OCH3 is 1. The fourth-order valence-electron chi connectivity index (χ4n) is 2.64. The summed E-state index contributed by atoms with van der Waals surface area (Å²) in [5, 5.41) is 14.1. The smallest absolute Gasteiger partial charge is 0.342 e. The van der Waals surface area contributed by atoms with E-state index in [0.717, 1.165) is 5.39 Å². The summed E-state index contributed by atoms with van der Waals surface area (Å²) < 4.78 is 9.68. The van der Waals surface area contributed by atoms with Crippen LogP contribution < -0.4 is 5.32 Å². The van der Waals surface area contributed by atoms with Gasteiger partial charge < -0.3 is 19.9 Å². The first-order chi connectivity index (χ1) is 12.9. The van der Waals surface area contributed by atoms with Gasteiger partial charge in [-0.15, -0.1) is 0 Å². The summed E-state index contributed by atoms with van der Waals surface area (Å²) in [6, 6.07) is 9.35. The van der Waals surface area contributed by atoms with Gasteiger partial charge >= 0.3 is 11.9 Å². The topological polar surface area (TPSA) is 102 Å². The highest BCUT2D eigenvalue weighted by molar-refractivity contribution is 6.01. The van der Waals surface area contributed by atoms with Gasteiger partial charge in [-0.2, -0.15) is 0 Å². The van der Waals surface area contributed by atoms with Gasteiger partial charge in [-0.1, -0.05) is 50.6 Å². The van der Waals surface area contributed by atoms with Gasteiger partial charge in [-0.05, 0) is 17.4 Å². The molecule has 0 aromatic heterocycles. The molecule has 2 aromatic carbocycles. The average Bonchev–Trinajstić information content (AvgIpc) is 2.69. The van der Waals surface area contributed by atoms with E-state index in [4.69, 9.17) is 9.47 Å². The summed E-state index contributed by atoms with van der Waals surface area (Å²) in [5.74, 6) is -2.35. The number of carbonyl (C=O) groups excluding carboxylic acids is 3. The van der Waals surface area contributed by atoms with Crippen molar-refractivity contribution >= 4 is 28.6 Å². The summed E-state index contributed by atoms with van der Waals surface area (Å²) in [6.07, 6.45) is 0.658. The van der Waals surface area contributed by atoms with Crippen molar-refractivity contribution in [1.29, 1.82) is 0 Å². The second-order valence-corrected chi connectivity index (χ2v) is 6.21. The normalized spacial score (nSPS) is 12.9. The number of benzene rings is 2. The van der Waals surface area contributed by atoms with Crippen molar-refractivity contribution in [2.75, 3.05) is 13.7 Å².